The number of nitrogens with one attached hydrogen (secondary N) is 1. The van der Waals surface area contributed by atoms with Crippen LogP contribution in [0.5, 0.6) is 0 Å². The van der Waals surface area contributed by atoms with Crippen molar-refractivity contribution < 1.29 is 4.79 Å². The molecule has 82 valence electrons. The highest BCUT2D eigenvalue weighted by Gasteiger charge is 2.07. The third-order valence-electron chi connectivity index (χ3n) is 1.89. The molecule has 1 aromatic rings. The number of hydrogen-bond donors (Lipinski definition) is 2. The van der Waals surface area contributed by atoms with Crippen LogP contribution < -0.4 is 16.0 Å². The van der Waals surface area contributed by atoms with Gasteiger partial charge in [-0.2, -0.15) is 0 Å². The van der Waals surface area contributed by atoms with Gasteiger partial charge in [0.2, 0.25) is 5.91 Å². The molecule has 0 unspecified atom stereocenters. The van der Waals surface area contributed by atoms with E-state index in [1.54, 1.807) is 19.2 Å². The van der Waals surface area contributed by atoms with Crippen molar-refractivity contribution >= 4 is 17.4 Å². The fourth-order valence-electron chi connectivity index (χ4n) is 0.981. The van der Waals surface area contributed by atoms with E-state index in [0.29, 0.717) is 5.69 Å². The quantitative estimate of drug-likeness (QED) is 0.755. The van der Waals surface area contributed by atoms with Crippen molar-refractivity contribution in [3.05, 3.63) is 18.3 Å². The summed E-state index contributed by atoms with van der Waals surface area (Å²) < 4.78 is 0. The summed E-state index contributed by atoms with van der Waals surface area (Å²) in [4.78, 5) is 17.3. The van der Waals surface area contributed by atoms with Crippen molar-refractivity contribution in [3.63, 3.8) is 0 Å². The Hall–Kier alpha value is -1.62. The number of nitrogens with zero attached hydrogens (tertiary/aromatic N) is 2. The maximum atomic E-state index is 11.3. The van der Waals surface area contributed by atoms with Gasteiger partial charge in [-0.1, -0.05) is 0 Å². The first-order valence-corrected chi connectivity index (χ1v) is 4.70. The minimum atomic E-state index is -0.515. The van der Waals surface area contributed by atoms with Gasteiger partial charge in [-0.25, -0.2) is 4.98 Å². The Kier molecular flexibility index (Phi) is 3.62. The van der Waals surface area contributed by atoms with E-state index in [0.717, 1.165) is 5.82 Å². The summed E-state index contributed by atoms with van der Waals surface area (Å²) in [5, 5.41) is 2.66. The fraction of sp³-hybridized carbons (Fsp3) is 0.400. The molecule has 0 spiro atoms. The molecule has 0 aliphatic carbocycles. The molecule has 0 radical (unpaired) electrons. The minimum Gasteiger partial charge on any atom is -0.363 e. The Bertz CT molecular complexity index is 332. The van der Waals surface area contributed by atoms with Crippen LogP contribution in [-0.2, 0) is 4.79 Å². The largest absolute Gasteiger partial charge is 0.363 e. The van der Waals surface area contributed by atoms with Crippen LogP contribution in [-0.4, -0.2) is 31.0 Å². The van der Waals surface area contributed by atoms with E-state index >= 15 is 0 Å². The lowest BCUT2D eigenvalue weighted by Gasteiger charge is -2.12. The summed E-state index contributed by atoms with van der Waals surface area (Å²) in [5.41, 5.74) is 6.08. The van der Waals surface area contributed by atoms with Crippen molar-refractivity contribution in [2.24, 2.45) is 5.73 Å². The molecule has 1 rings (SSSR count). The smallest absolute Gasteiger partial charge is 0.241 e. The van der Waals surface area contributed by atoms with Crippen LogP contribution in [0.4, 0.5) is 11.5 Å². The minimum absolute atomic E-state index is 0.214. The van der Waals surface area contributed by atoms with E-state index in [1.807, 2.05) is 25.1 Å². The molecule has 0 fully saturated rings. The van der Waals surface area contributed by atoms with Crippen molar-refractivity contribution in [1.82, 2.24) is 4.98 Å². The third-order valence-corrected chi connectivity index (χ3v) is 1.89. The number of pyridine rings is 1. The molecule has 15 heavy (non-hydrogen) atoms. The van der Waals surface area contributed by atoms with Gasteiger partial charge in [0.05, 0.1) is 17.9 Å². The summed E-state index contributed by atoms with van der Waals surface area (Å²) in [6.45, 7) is 1.64. The van der Waals surface area contributed by atoms with Gasteiger partial charge in [0.25, 0.3) is 0 Å². The number of amides is 1. The zero-order chi connectivity index (χ0) is 11.4. The monoisotopic (exact) mass is 208 g/mol. The Morgan fingerprint density at radius 3 is 2.60 bits per heavy atom. The molecule has 3 N–H and O–H groups in total. The standard InChI is InChI=1S/C10H16N4O/c1-7(11)10(15)13-8-4-5-9(12-6-8)14(2)3/h4-7H,11H2,1-3H3,(H,13,15)/t7-/m1/s1. The highest BCUT2D eigenvalue weighted by molar-refractivity contribution is 5.94. The van der Waals surface area contributed by atoms with E-state index in [9.17, 15) is 4.79 Å². The van der Waals surface area contributed by atoms with Crippen LogP contribution in [0.15, 0.2) is 18.3 Å². The Balaban J connectivity index is 2.69. The maximum Gasteiger partial charge on any atom is 0.241 e. The second-order valence-electron chi connectivity index (χ2n) is 3.58. The van der Waals surface area contributed by atoms with Crippen molar-refractivity contribution in [3.8, 4) is 0 Å². The topological polar surface area (TPSA) is 71.2 Å². The van der Waals surface area contributed by atoms with E-state index in [1.165, 1.54) is 0 Å². The van der Waals surface area contributed by atoms with E-state index < -0.39 is 6.04 Å². The van der Waals surface area contributed by atoms with Gasteiger partial charge >= 0.3 is 0 Å². The third kappa shape index (κ3) is 3.21. The lowest BCUT2D eigenvalue weighted by molar-refractivity contribution is -0.117. The first-order valence-electron chi connectivity index (χ1n) is 4.70. The molecule has 1 atom stereocenters. The van der Waals surface area contributed by atoms with Crippen LogP contribution in [0.25, 0.3) is 0 Å². The van der Waals surface area contributed by atoms with Gasteiger partial charge in [0, 0.05) is 14.1 Å². The molecule has 0 saturated heterocycles. The second-order valence-corrected chi connectivity index (χ2v) is 3.58. The van der Waals surface area contributed by atoms with Crippen LogP contribution in [0.1, 0.15) is 6.92 Å². The molecule has 0 bridgehead atoms. The zero-order valence-electron chi connectivity index (χ0n) is 9.19. The first kappa shape index (κ1) is 11.5. The molecule has 1 amide bonds. The number of anilines is 2. The summed E-state index contributed by atoms with van der Waals surface area (Å²) in [6, 6.07) is 3.11. The SMILES string of the molecule is C[C@@H](N)C(=O)Nc1ccc(N(C)C)nc1. The molecular formula is C10H16N4O. The van der Waals surface area contributed by atoms with Crippen molar-refractivity contribution in [2.75, 3.05) is 24.3 Å². The summed E-state index contributed by atoms with van der Waals surface area (Å²) in [6.07, 6.45) is 1.61. The second kappa shape index (κ2) is 4.75. The van der Waals surface area contributed by atoms with Crippen LogP contribution in [0, 0.1) is 0 Å². The Labute approximate surface area is 89.3 Å². The van der Waals surface area contributed by atoms with Crippen LogP contribution in [0.2, 0.25) is 0 Å². The number of aromatic nitrogens is 1. The first-order chi connectivity index (χ1) is 7.00. The van der Waals surface area contributed by atoms with Gasteiger partial charge in [0.15, 0.2) is 0 Å². The van der Waals surface area contributed by atoms with Gasteiger partial charge in [-0.15, -0.1) is 0 Å². The van der Waals surface area contributed by atoms with Crippen LogP contribution >= 0.6 is 0 Å². The lowest BCUT2D eigenvalue weighted by atomic mass is 10.3. The number of rotatable bonds is 3. The molecule has 5 heteroatoms. The number of carbonyl (C=O) groups excluding carboxylic acids is 1. The summed E-state index contributed by atoms with van der Waals surface area (Å²) in [7, 11) is 3.81. The van der Waals surface area contributed by atoms with E-state index in [-0.39, 0.29) is 5.91 Å². The Morgan fingerprint density at radius 2 is 2.20 bits per heavy atom. The number of carbonyl (C=O) groups is 1. The van der Waals surface area contributed by atoms with Gasteiger partial charge in [0.1, 0.15) is 5.82 Å². The maximum absolute atomic E-state index is 11.3. The predicted octanol–water partition coefficient (Wildman–Crippen LogP) is 0.433. The molecule has 0 aliphatic rings. The highest BCUT2D eigenvalue weighted by Crippen LogP contribution is 2.11. The molecule has 0 saturated carbocycles. The highest BCUT2D eigenvalue weighted by atomic mass is 16.2. The number of nitrogens with two attached hydrogens (primary N) is 1. The Morgan fingerprint density at radius 1 is 1.53 bits per heavy atom. The van der Waals surface area contributed by atoms with Crippen molar-refractivity contribution in [2.45, 2.75) is 13.0 Å². The van der Waals surface area contributed by atoms with Gasteiger partial charge in [-0.05, 0) is 19.1 Å². The summed E-state index contributed by atoms with van der Waals surface area (Å²) in [5.74, 6) is 0.628. The van der Waals surface area contributed by atoms with Gasteiger partial charge < -0.3 is 16.0 Å². The summed E-state index contributed by atoms with van der Waals surface area (Å²) >= 11 is 0. The fourth-order valence-corrected chi connectivity index (χ4v) is 0.981. The molecular weight excluding hydrogens is 192 g/mol. The van der Waals surface area contributed by atoms with E-state index in [2.05, 4.69) is 10.3 Å². The van der Waals surface area contributed by atoms with Crippen LogP contribution in [0.3, 0.4) is 0 Å². The predicted molar refractivity (Wildman–Crippen MR) is 60.8 cm³/mol. The van der Waals surface area contributed by atoms with Gasteiger partial charge in [-0.3, -0.25) is 4.79 Å². The molecule has 0 aliphatic heterocycles. The van der Waals surface area contributed by atoms with Crippen molar-refractivity contribution in [1.29, 1.82) is 0 Å². The average Bonchev–Trinajstić information content (AvgIpc) is 2.18. The zero-order valence-corrected chi connectivity index (χ0v) is 9.19. The average molecular weight is 208 g/mol. The van der Waals surface area contributed by atoms with E-state index in [4.69, 9.17) is 5.73 Å². The molecule has 0 aromatic carbocycles. The lowest BCUT2D eigenvalue weighted by Crippen LogP contribution is -2.32. The molecule has 1 heterocycles. The molecule has 1 aromatic heterocycles. The molecule has 5 nitrogen and oxygen atoms in total. The normalized spacial score (nSPS) is 12.0. The number of hydrogen-bond acceptors (Lipinski definition) is 4.